The SMILES string of the molecule is c1ccc(-c2nc(-c3ccc4c(ccc5ccc6ccccc6c54)c3)nc(-c3cc4ccccc4cc3-n3c4ccccc4c4ccccc43)n2)cc1. The number of hydrogen-bond donors (Lipinski definition) is 0. The van der Waals surface area contributed by atoms with Crippen molar-refractivity contribution < 1.29 is 0 Å². The van der Waals surface area contributed by atoms with Gasteiger partial charge < -0.3 is 4.57 Å². The molecule has 0 aliphatic heterocycles. The fourth-order valence-corrected chi connectivity index (χ4v) is 8.09. The Bertz CT molecular complexity index is 3180. The van der Waals surface area contributed by atoms with Crippen LogP contribution in [0.5, 0.6) is 0 Å². The van der Waals surface area contributed by atoms with Gasteiger partial charge >= 0.3 is 0 Å². The molecule has 9 aromatic carbocycles. The number of nitrogens with zero attached hydrogens (tertiary/aromatic N) is 4. The molecule has 0 fully saturated rings. The van der Waals surface area contributed by atoms with Crippen LogP contribution in [0.1, 0.15) is 0 Å². The lowest BCUT2D eigenvalue weighted by Crippen LogP contribution is -2.04. The summed E-state index contributed by atoms with van der Waals surface area (Å²) in [6.45, 7) is 0. The maximum atomic E-state index is 5.32. The van der Waals surface area contributed by atoms with Crippen molar-refractivity contribution in [3.05, 3.63) is 182 Å². The van der Waals surface area contributed by atoms with E-state index < -0.39 is 0 Å². The van der Waals surface area contributed by atoms with Crippen LogP contribution in [0.4, 0.5) is 0 Å². The van der Waals surface area contributed by atoms with Crippen LogP contribution in [0, 0.1) is 0 Å². The summed E-state index contributed by atoms with van der Waals surface area (Å²) in [5, 5.41) is 12.0. The van der Waals surface area contributed by atoms with Crippen LogP contribution < -0.4 is 0 Å². The zero-order valence-corrected chi connectivity index (χ0v) is 28.6. The predicted octanol–water partition coefficient (Wildman–Crippen LogP) is 12.6. The summed E-state index contributed by atoms with van der Waals surface area (Å²) < 4.78 is 2.36. The van der Waals surface area contributed by atoms with Crippen molar-refractivity contribution in [3.8, 4) is 39.9 Å². The van der Waals surface area contributed by atoms with Gasteiger partial charge in [0.2, 0.25) is 0 Å². The second-order valence-corrected chi connectivity index (χ2v) is 13.6. The van der Waals surface area contributed by atoms with Gasteiger partial charge in [0, 0.05) is 27.5 Å². The standard InChI is InChI=1S/C49H30N4/c1-2-13-33(14-3-1)47-50-48(37-26-27-39-36(28-37)25-24-32-23-22-31-12-6-7-17-38(31)46(32)39)52-49(51-47)42-29-34-15-4-5-16-35(34)30-45(42)53-43-20-10-8-18-40(43)41-19-9-11-21-44(41)53/h1-30H. The van der Waals surface area contributed by atoms with Gasteiger partial charge in [0.25, 0.3) is 0 Å². The van der Waals surface area contributed by atoms with Gasteiger partial charge in [-0.05, 0) is 73.4 Å². The summed E-state index contributed by atoms with van der Waals surface area (Å²) in [5.41, 5.74) is 6.12. The molecule has 0 N–H and O–H groups in total. The zero-order chi connectivity index (χ0) is 34.9. The number of para-hydroxylation sites is 2. The highest BCUT2D eigenvalue weighted by Crippen LogP contribution is 2.39. The van der Waals surface area contributed by atoms with Gasteiger partial charge in [-0.1, -0.05) is 152 Å². The van der Waals surface area contributed by atoms with Crippen molar-refractivity contribution in [1.29, 1.82) is 0 Å². The Hall–Kier alpha value is -7.17. The maximum absolute atomic E-state index is 5.32. The quantitative estimate of drug-likeness (QED) is 0.175. The fourth-order valence-electron chi connectivity index (χ4n) is 8.09. The lowest BCUT2D eigenvalue weighted by atomic mass is 9.95. The Morgan fingerprint density at radius 1 is 0.321 bits per heavy atom. The van der Waals surface area contributed by atoms with Crippen LogP contribution in [0.25, 0.3) is 105 Å². The van der Waals surface area contributed by atoms with Gasteiger partial charge in [-0.2, -0.15) is 0 Å². The van der Waals surface area contributed by atoms with Gasteiger partial charge in [0.05, 0.1) is 16.7 Å². The van der Waals surface area contributed by atoms with Crippen molar-refractivity contribution in [1.82, 2.24) is 19.5 Å². The van der Waals surface area contributed by atoms with E-state index in [1.807, 2.05) is 18.2 Å². The van der Waals surface area contributed by atoms with E-state index in [-0.39, 0.29) is 0 Å². The lowest BCUT2D eigenvalue weighted by molar-refractivity contribution is 1.07. The largest absolute Gasteiger partial charge is 0.308 e. The van der Waals surface area contributed by atoms with Crippen LogP contribution >= 0.6 is 0 Å². The van der Waals surface area contributed by atoms with E-state index in [9.17, 15) is 0 Å². The number of rotatable bonds is 4. The van der Waals surface area contributed by atoms with Crippen molar-refractivity contribution in [3.63, 3.8) is 0 Å². The molecule has 0 saturated heterocycles. The summed E-state index contributed by atoms with van der Waals surface area (Å²) in [4.78, 5) is 15.7. The molecular weight excluding hydrogens is 645 g/mol. The predicted molar refractivity (Wildman–Crippen MR) is 220 cm³/mol. The maximum Gasteiger partial charge on any atom is 0.166 e. The van der Waals surface area contributed by atoms with Gasteiger partial charge in [0.15, 0.2) is 17.5 Å². The van der Waals surface area contributed by atoms with E-state index in [1.165, 1.54) is 37.7 Å². The molecule has 0 amide bonds. The molecule has 2 heterocycles. The lowest BCUT2D eigenvalue weighted by Gasteiger charge is -2.16. The van der Waals surface area contributed by atoms with Crippen LogP contribution in [-0.4, -0.2) is 19.5 Å². The highest BCUT2D eigenvalue weighted by molar-refractivity contribution is 6.20. The molecule has 0 aliphatic rings. The second kappa shape index (κ2) is 11.7. The third kappa shape index (κ3) is 4.73. The van der Waals surface area contributed by atoms with Crippen LogP contribution in [-0.2, 0) is 0 Å². The Morgan fingerprint density at radius 2 is 0.849 bits per heavy atom. The number of fused-ring (bicyclic) bond motifs is 9. The van der Waals surface area contributed by atoms with E-state index in [2.05, 4.69) is 168 Å². The molecule has 0 radical (unpaired) electrons. The first-order valence-electron chi connectivity index (χ1n) is 17.9. The first-order valence-corrected chi connectivity index (χ1v) is 17.9. The molecule has 0 atom stereocenters. The Balaban J connectivity index is 1.19. The fraction of sp³-hybridized carbons (Fsp3) is 0. The third-order valence-electron chi connectivity index (χ3n) is 10.6. The number of aromatic nitrogens is 4. The van der Waals surface area contributed by atoms with E-state index in [4.69, 9.17) is 15.0 Å². The monoisotopic (exact) mass is 674 g/mol. The van der Waals surface area contributed by atoms with Crippen molar-refractivity contribution >= 4 is 64.9 Å². The molecule has 53 heavy (non-hydrogen) atoms. The minimum absolute atomic E-state index is 0.626. The normalized spacial score (nSPS) is 11.8. The molecule has 0 saturated carbocycles. The van der Waals surface area contributed by atoms with E-state index in [0.717, 1.165) is 49.6 Å². The molecule has 2 aromatic heterocycles. The first kappa shape index (κ1) is 29.5. The summed E-state index contributed by atoms with van der Waals surface area (Å²) in [7, 11) is 0. The summed E-state index contributed by atoms with van der Waals surface area (Å²) >= 11 is 0. The van der Waals surface area contributed by atoms with Gasteiger partial charge in [0.1, 0.15) is 0 Å². The van der Waals surface area contributed by atoms with Crippen LogP contribution in [0.15, 0.2) is 182 Å². The molecule has 11 rings (SSSR count). The van der Waals surface area contributed by atoms with Crippen molar-refractivity contribution in [2.45, 2.75) is 0 Å². The average Bonchev–Trinajstić information content (AvgIpc) is 3.57. The molecule has 246 valence electrons. The van der Waals surface area contributed by atoms with E-state index in [0.29, 0.717) is 17.5 Å². The highest BCUT2D eigenvalue weighted by atomic mass is 15.1. The summed E-state index contributed by atoms with van der Waals surface area (Å²) in [6, 6.07) is 64.6. The van der Waals surface area contributed by atoms with Gasteiger partial charge in [-0.3, -0.25) is 0 Å². The summed E-state index contributed by atoms with van der Waals surface area (Å²) in [6.07, 6.45) is 0. The Kier molecular flexibility index (Phi) is 6.52. The van der Waals surface area contributed by atoms with Gasteiger partial charge in [-0.15, -0.1) is 0 Å². The molecule has 0 bridgehead atoms. The first-order chi connectivity index (χ1) is 26.3. The number of hydrogen-bond acceptors (Lipinski definition) is 3. The number of benzene rings is 9. The average molecular weight is 675 g/mol. The Morgan fingerprint density at radius 3 is 1.58 bits per heavy atom. The zero-order valence-electron chi connectivity index (χ0n) is 28.6. The summed E-state index contributed by atoms with van der Waals surface area (Å²) in [5.74, 6) is 1.90. The van der Waals surface area contributed by atoms with Crippen LogP contribution in [0.2, 0.25) is 0 Å². The van der Waals surface area contributed by atoms with Crippen molar-refractivity contribution in [2.24, 2.45) is 0 Å². The minimum atomic E-state index is 0.626. The van der Waals surface area contributed by atoms with E-state index >= 15 is 0 Å². The molecule has 0 aliphatic carbocycles. The Labute approximate surface area is 305 Å². The smallest absolute Gasteiger partial charge is 0.166 e. The van der Waals surface area contributed by atoms with Gasteiger partial charge in [-0.25, -0.2) is 15.0 Å². The second-order valence-electron chi connectivity index (χ2n) is 13.6. The molecule has 11 aromatic rings. The van der Waals surface area contributed by atoms with E-state index in [1.54, 1.807) is 0 Å². The molecule has 4 heteroatoms. The minimum Gasteiger partial charge on any atom is -0.308 e. The van der Waals surface area contributed by atoms with Crippen molar-refractivity contribution in [2.75, 3.05) is 0 Å². The molecule has 0 spiro atoms. The topological polar surface area (TPSA) is 43.6 Å². The molecule has 4 nitrogen and oxygen atoms in total. The third-order valence-corrected chi connectivity index (χ3v) is 10.6. The van der Waals surface area contributed by atoms with Crippen LogP contribution in [0.3, 0.4) is 0 Å². The highest BCUT2D eigenvalue weighted by Gasteiger charge is 2.20. The molecule has 0 unspecified atom stereocenters. The molecular formula is C49H30N4.